The number of nitrogens with one attached hydrogen (secondary N) is 1. The highest BCUT2D eigenvalue weighted by atomic mass is 16.1. The molecule has 21 heavy (non-hydrogen) atoms. The lowest BCUT2D eigenvalue weighted by atomic mass is 10.2. The molecule has 0 fully saturated rings. The van der Waals surface area contributed by atoms with E-state index in [1.807, 2.05) is 60.1 Å². The summed E-state index contributed by atoms with van der Waals surface area (Å²) in [5.41, 5.74) is 3.40. The molecule has 1 N–H and O–H groups in total. The molecule has 1 aromatic heterocycles. The summed E-state index contributed by atoms with van der Waals surface area (Å²) in [4.78, 5) is 12.1. The highest BCUT2D eigenvalue weighted by Gasteiger charge is 2.07. The number of carbonyl (C=O) groups is 1. The van der Waals surface area contributed by atoms with E-state index in [2.05, 4.69) is 10.4 Å². The molecule has 0 aliphatic carbocycles. The topological polar surface area (TPSA) is 46.9 Å². The van der Waals surface area contributed by atoms with Crippen LogP contribution in [0.4, 0.5) is 5.69 Å². The van der Waals surface area contributed by atoms with Gasteiger partial charge in [0, 0.05) is 23.1 Å². The van der Waals surface area contributed by atoms with E-state index < -0.39 is 0 Å². The zero-order chi connectivity index (χ0) is 14.7. The van der Waals surface area contributed by atoms with Crippen LogP contribution in [0, 0.1) is 6.92 Å². The number of carbonyl (C=O) groups excluding carboxylic acids is 1. The van der Waals surface area contributed by atoms with Crippen LogP contribution in [0.15, 0.2) is 66.9 Å². The number of aryl methyl sites for hydroxylation is 1. The fourth-order valence-electron chi connectivity index (χ4n) is 2.12. The lowest BCUT2D eigenvalue weighted by Crippen LogP contribution is -2.11. The summed E-state index contributed by atoms with van der Waals surface area (Å²) < 4.78 is 1.83. The first kappa shape index (κ1) is 13.1. The number of rotatable bonds is 3. The highest BCUT2D eigenvalue weighted by molar-refractivity contribution is 6.04. The van der Waals surface area contributed by atoms with Gasteiger partial charge in [-0.05, 0) is 49.4 Å². The van der Waals surface area contributed by atoms with Crippen molar-refractivity contribution in [1.29, 1.82) is 0 Å². The minimum Gasteiger partial charge on any atom is -0.322 e. The Labute approximate surface area is 123 Å². The monoisotopic (exact) mass is 277 g/mol. The average Bonchev–Trinajstić information content (AvgIpc) is 2.94. The molecule has 1 amide bonds. The minimum absolute atomic E-state index is 0.120. The number of nitrogens with zero attached hydrogens (tertiary/aromatic N) is 2. The normalized spacial score (nSPS) is 10.3. The van der Waals surface area contributed by atoms with Crippen molar-refractivity contribution in [2.75, 3.05) is 5.32 Å². The minimum atomic E-state index is -0.120. The second-order valence-electron chi connectivity index (χ2n) is 4.75. The van der Waals surface area contributed by atoms with Crippen LogP contribution in [0.3, 0.4) is 0 Å². The predicted molar refractivity (Wildman–Crippen MR) is 82.7 cm³/mol. The molecular weight excluding hydrogens is 262 g/mol. The Kier molecular flexibility index (Phi) is 3.51. The number of amides is 1. The smallest absolute Gasteiger partial charge is 0.255 e. The van der Waals surface area contributed by atoms with Crippen LogP contribution in [0.1, 0.15) is 16.1 Å². The molecule has 0 atom stereocenters. The first-order valence-electron chi connectivity index (χ1n) is 6.71. The molecule has 0 aliphatic heterocycles. The number of anilines is 1. The molecule has 0 bridgehead atoms. The molecule has 0 unspecified atom stereocenters. The second-order valence-corrected chi connectivity index (χ2v) is 4.75. The molecule has 0 aliphatic rings. The van der Waals surface area contributed by atoms with Crippen molar-refractivity contribution in [2.45, 2.75) is 6.92 Å². The van der Waals surface area contributed by atoms with Crippen LogP contribution in [0.5, 0.6) is 0 Å². The van der Waals surface area contributed by atoms with Crippen LogP contribution in [-0.4, -0.2) is 15.7 Å². The van der Waals surface area contributed by atoms with Crippen molar-refractivity contribution in [1.82, 2.24) is 9.78 Å². The molecule has 3 aromatic rings. The fourth-order valence-corrected chi connectivity index (χ4v) is 2.12. The van der Waals surface area contributed by atoms with Crippen molar-refractivity contribution in [3.05, 3.63) is 78.1 Å². The Balaban J connectivity index is 1.78. The molecule has 4 heteroatoms. The van der Waals surface area contributed by atoms with Crippen LogP contribution in [0.25, 0.3) is 5.69 Å². The highest BCUT2D eigenvalue weighted by Crippen LogP contribution is 2.13. The molecular formula is C17H15N3O. The van der Waals surface area contributed by atoms with Crippen molar-refractivity contribution in [3.8, 4) is 5.69 Å². The molecule has 104 valence electrons. The average molecular weight is 277 g/mol. The summed E-state index contributed by atoms with van der Waals surface area (Å²) in [5, 5.41) is 7.11. The quantitative estimate of drug-likeness (QED) is 0.797. The van der Waals surface area contributed by atoms with Gasteiger partial charge in [0.25, 0.3) is 5.91 Å². The third-order valence-corrected chi connectivity index (χ3v) is 3.24. The maximum atomic E-state index is 12.1. The van der Waals surface area contributed by atoms with E-state index in [1.54, 1.807) is 18.3 Å². The number of hydrogen-bond acceptors (Lipinski definition) is 2. The standard InChI is InChI=1S/C17H15N3O/c1-13-11-12-18-20(13)16-9-7-14(8-10-16)17(21)19-15-5-3-2-4-6-15/h2-12H,1H3,(H,19,21). The van der Waals surface area contributed by atoms with E-state index in [-0.39, 0.29) is 5.91 Å². The zero-order valence-corrected chi connectivity index (χ0v) is 11.7. The molecule has 0 saturated heterocycles. The van der Waals surface area contributed by atoms with Gasteiger partial charge in [0.2, 0.25) is 0 Å². The SMILES string of the molecule is Cc1ccnn1-c1ccc(C(=O)Nc2ccccc2)cc1. The predicted octanol–water partition coefficient (Wildman–Crippen LogP) is 3.43. The van der Waals surface area contributed by atoms with Crippen LogP contribution in [0.2, 0.25) is 0 Å². The van der Waals surface area contributed by atoms with Gasteiger partial charge in [0.15, 0.2) is 0 Å². The third-order valence-electron chi connectivity index (χ3n) is 3.24. The number of benzene rings is 2. The summed E-state index contributed by atoms with van der Waals surface area (Å²) in [6.45, 7) is 1.99. The van der Waals surface area contributed by atoms with E-state index >= 15 is 0 Å². The summed E-state index contributed by atoms with van der Waals surface area (Å²) in [6, 6.07) is 18.7. The second kappa shape index (κ2) is 5.63. The van der Waals surface area contributed by atoms with Gasteiger partial charge in [-0.2, -0.15) is 5.10 Å². The number of aromatic nitrogens is 2. The maximum Gasteiger partial charge on any atom is 0.255 e. The maximum absolute atomic E-state index is 12.1. The van der Waals surface area contributed by atoms with Gasteiger partial charge >= 0.3 is 0 Å². The van der Waals surface area contributed by atoms with Gasteiger partial charge in [-0.15, -0.1) is 0 Å². The fraction of sp³-hybridized carbons (Fsp3) is 0.0588. The Morgan fingerprint density at radius 1 is 1.00 bits per heavy atom. The summed E-state index contributed by atoms with van der Waals surface area (Å²) in [6.07, 6.45) is 1.76. The summed E-state index contributed by atoms with van der Waals surface area (Å²) >= 11 is 0. The van der Waals surface area contributed by atoms with Crippen molar-refractivity contribution in [2.24, 2.45) is 0 Å². The summed E-state index contributed by atoms with van der Waals surface area (Å²) in [7, 11) is 0. The third kappa shape index (κ3) is 2.84. The number of para-hydroxylation sites is 1. The van der Waals surface area contributed by atoms with Gasteiger partial charge in [0.1, 0.15) is 0 Å². The Morgan fingerprint density at radius 2 is 1.71 bits per heavy atom. The molecule has 0 spiro atoms. The van der Waals surface area contributed by atoms with Gasteiger partial charge in [0.05, 0.1) is 5.69 Å². The lowest BCUT2D eigenvalue weighted by Gasteiger charge is -2.07. The Hall–Kier alpha value is -2.88. The van der Waals surface area contributed by atoms with Gasteiger partial charge in [-0.1, -0.05) is 18.2 Å². The van der Waals surface area contributed by atoms with Gasteiger partial charge < -0.3 is 5.32 Å². The molecule has 0 saturated carbocycles. The largest absolute Gasteiger partial charge is 0.322 e. The molecule has 1 heterocycles. The van der Waals surface area contributed by atoms with Crippen molar-refractivity contribution < 1.29 is 4.79 Å². The lowest BCUT2D eigenvalue weighted by molar-refractivity contribution is 0.102. The van der Waals surface area contributed by atoms with Crippen LogP contribution in [-0.2, 0) is 0 Å². The van der Waals surface area contributed by atoms with Gasteiger partial charge in [-0.25, -0.2) is 4.68 Å². The van der Waals surface area contributed by atoms with Gasteiger partial charge in [-0.3, -0.25) is 4.79 Å². The van der Waals surface area contributed by atoms with E-state index in [1.165, 1.54) is 0 Å². The van der Waals surface area contributed by atoms with Crippen LogP contribution >= 0.6 is 0 Å². The molecule has 2 aromatic carbocycles. The Bertz CT molecular complexity index is 745. The van der Waals surface area contributed by atoms with Crippen LogP contribution < -0.4 is 5.32 Å². The van der Waals surface area contributed by atoms with E-state index in [4.69, 9.17) is 0 Å². The van der Waals surface area contributed by atoms with E-state index in [0.29, 0.717) is 5.56 Å². The Morgan fingerprint density at radius 3 is 2.33 bits per heavy atom. The first-order chi connectivity index (χ1) is 10.2. The molecule has 0 radical (unpaired) electrons. The molecule has 3 rings (SSSR count). The van der Waals surface area contributed by atoms with E-state index in [9.17, 15) is 4.79 Å². The van der Waals surface area contributed by atoms with Crippen molar-refractivity contribution >= 4 is 11.6 Å². The molecule has 4 nitrogen and oxygen atoms in total. The van der Waals surface area contributed by atoms with E-state index in [0.717, 1.165) is 17.1 Å². The number of hydrogen-bond donors (Lipinski definition) is 1. The zero-order valence-electron chi connectivity index (χ0n) is 11.7. The summed E-state index contributed by atoms with van der Waals surface area (Å²) in [5.74, 6) is -0.120. The first-order valence-corrected chi connectivity index (χ1v) is 6.71. The van der Waals surface area contributed by atoms with Crippen molar-refractivity contribution in [3.63, 3.8) is 0 Å².